The van der Waals surface area contributed by atoms with Gasteiger partial charge in [-0.2, -0.15) is 0 Å². The average molecular weight is 302 g/mol. The zero-order chi connectivity index (χ0) is 16.0. The molecule has 0 aliphatic carbocycles. The molecule has 0 bridgehead atoms. The van der Waals surface area contributed by atoms with Crippen molar-refractivity contribution in [2.75, 3.05) is 52.9 Å². The van der Waals surface area contributed by atoms with Crippen LogP contribution < -0.4 is 0 Å². The molecule has 0 rings (SSSR count). The summed E-state index contributed by atoms with van der Waals surface area (Å²) >= 11 is 0. The highest BCUT2D eigenvalue weighted by atomic mass is 16.5. The molecule has 0 fully saturated rings. The third-order valence-electron chi connectivity index (χ3n) is 2.38. The number of hydrogen-bond acceptors (Lipinski definition) is 9. The van der Waals surface area contributed by atoms with E-state index in [0.29, 0.717) is 0 Å². The molecule has 0 aromatic rings. The Kier molecular flexibility index (Phi) is 14.9. The lowest BCUT2D eigenvalue weighted by atomic mass is 9.93. The monoisotopic (exact) mass is 302 g/mol. The van der Waals surface area contributed by atoms with Gasteiger partial charge in [0, 0.05) is 0 Å². The van der Waals surface area contributed by atoms with E-state index in [1.165, 1.54) is 0 Å². The van der Waals surface area contributed by atoms with Gasteiger partial charge in [-0.15, -0.1) is 0 Å². The summed E-state index contributed by atoms with van der Waals surface area (Å²) in [5.41, 5.74) is -1.11. The molecule has 8 N–H and O–H groups in total. The fourth-order valence-electron chi connectivity index (χ4n) is 0.746. The zero-order valence-corrected chi connectivity index (χ0v) is 11.3. The summed E-state index contributed by atoms with van der Waals surface area (Å²) < 4.78 is 4.72. The fourth-order valence-corrected chi connectivity index (χ4v) is 0.746. The smallest absolute Gasteiger partial charge is 0.100 e. The minimum absolute atomic E-state index is 0.0342. The second-order valence-corrected chi connectivity index (χ2v) is 4.34. The second-order valence-electron chi connectivity index (χ2n) is 4.34. The molecule has 0 aliphatic heterocycles. The predicted octanol–water partition coefficient (Wildman–Crippen LogP) is -4.35. The van der Waals surface area contributed by atoms with Crippen LogP contribution in [0.4, 0.5) is 0 Å². The maximum absolute atomic E-state index is 8.72. The van der Waals surface area contributed by atoms with Gasteiger partial charge in [0.05, 0.1) is 58.3 Å². The van der Waals surface area contributed by atoms with Gasteiger partial charge in [0.15, 0.2) is 0 Å². The molecule has 9 heteroatoms. The van der Waals surface area contributed by atoms with Crippen molar-refractivity contribution in [1.29, 1.82) is 0 Å². The van der Waals surface area contributed by atoms with E-state index in [2.05, 4.69) is 0 Å². The van der Waals surface area contributed by atoms with E-state index in [1.54, 1.807) is 0 Å². The highest BCUT2D eigenvalue weighted by Gasteiger charge is 2.26. The topological polar surface area (TPSA) is 171 Å². The van der Waals surface area contributed by atoms with Crippen molar-refractivity contribution in [3.05, 3.63) is 0 Å². The number of aliphatic hydroxyl groups is 8. The molecule has 0 spiro atoms. The molecule has 0 radical (unpaired) electrons. The summed E-state index contributed by atoms with van der Waals surface area (Å²) in [5.74, 6) is 0. The maximum Gasteiger partial charge on any atom is 0.100 e. The average Bonchev–Trinajstić information content (AvgIpc) is 2.50. The first kappa shape index (κ1) is 21.9. The zero-order valence-electron chi connectivity index (χ0n) is 11.3. The second kappa shape index (κ2) is 13.6. The molecule has 0 amide bonds. The summed E-state index contributed by atoms with van der Waals surface area (Å²) in [6, 6.07) is 0. The van der Waals surface area contributed by atoms with Crippen LogP contribution in [-0.4, -0.2) is 106 Å². The van der Waals surface area contributed by atoms with Crippen LogP contribution in [0.3, 0.4) is 0 Å². The van der Waals surface area contributed by atoms with Gasteiger partial charge >= 0.3 is 0 Å². The minimum atomic E-state index is -1.11. The van der Waals surface area contributed by atoms with Crippen molar-refractivity contribution >= 4 is 0 Å². The van der Waals surface area contributed by atoms with E-state index in [0.717, 1.165) is 0 Å². The lowest BCUT2D eigenvalue weighted by Gasteiger charge is -2.23. The van der Waals surface area contributed by atoms with E-state index < -0.39 is 44.1 Å². The lowest BCUT2D eigenvalue weighted by Crippen LogP contribution is -2.37. The van der Waals surface area contributed by atoms with Gasteiger partial charge in [-0.25, -0.2) is 0 Å². The molecule has 2 unspecified atom stereocenters. The Morgan fingerprint density at radius 2 is 0.950 bits per heavy atom. The van der Waals surface area contributed by atoms with Crippen molar-refractivity contribution in [2.24, 2.45) is 5.41 Å². The van der Waals surface area contributed by atoms with Crippen LogP contribution in [0.1, 0.15) is 0 Å². The number of ether oxygens (including phenoxy) is 1. The van der Waals surface area contributed by atoms with Gasteiger partial charge in [-0.3, -0.25) is 0 Å². The first-order valence-corrected chi connectivity index (χ1v) is 6.04. The lowest BCUT2D eigenvalue weighted by molar-refractivity contribution is -0.0364. The molecule has 0 saturated carbocycles. The molecule has 0 aliphatic rings. The molecule has 0 aromatic heterocycles. The van der Waals surface area contributed by atoms with E-state index in [-0.39, 0.29) is 26.4 Å². The van der Waals surface area contributed by atoms with Crippen molar-refractivity contribution in [1.82, 2.24) is 0 Å². The van der Waals surface area contributed by atoms with Crippen LogP contribution in [0.5, 0.6) is 0 Å². The quantitative estimate of drug-likeness (QED) is 0.198. The first-order chi connectivity index (χ1) is 9.44. The molecular formula is C11H26O9. The molecule has 124 valence electrons. The van der Waals surface area contributed by atoms with Crippen molar-refractivity contribution in [2.45, 2.75) is 12.2 Å². The molecule has 0 aromatic carbocycles. The number of aliphatic hydroxyl groups excluding tert-OH is 8. The summed E-state index contributed by atoms with van der Waals surface area (Å²) in [7, 11) is 0. The Bertz CT molecular complexity index is 171. The SMILES string of the molecule is OCC(CO)(CO)CO.OCC(O)COCC(O)CO. The van der Waals surface area contributed by atoms with Crippen molar-refractivity contribution < 1.29 is 45.6 Å². The standard InChI is InChI=1S/C6H14O5.C5H12O4/c7-1-5(9)3-11-4-6(10)2-8;6-1-5(2-7,3-8)4-9/h5-10H,1-4H2;6-9H,1-4H2. The number of rotatable bonds is 10. The molecule has 20 heavy (non-hydrogen) atoms. The summed E-state index contributed by atoms with van der Waals surface area (Å²) in [6.45, 7) is -2.43. The largest absolute Gasteiger partial charge is 0.396 e. The van der Waals surface area contributed by atoms with Crippen LogP contribution in [0, 0.1) is 5.41 Å². The van der Waals surface area contributed by atoms with Crippen LogP contribution in [-0.2, 0) is 4.74 Å². The van der Waals surface area contributed by atoms with Crippen LogP contribution in [0.25, 0.3) is 0 Å². The number of hydrogen-bond donors (Lipinski definition) is 8. The van der Waals surface area contributed by atoms with E-state index >= 15 is 0 Å². The van der Waals surface area contributed by atoms with Gasteiger partial charge in [-0.1, -0.05) is 0 Å². The highest BCUT2D eigenvalue weighted by molar-refractivity contribution is 4.74. The molecular weight excluding hydrogens is 276 g/mol. The Morgan fingerprint density at radius 1 is 0.650 bits per heavy atom. The van der Waals surface area contributed by atoms with Gasteiger partial charge in [-0.05, 0) is 0 Å². The van der Waals surface area contributed by atoms with Gasteiger partial charge in [0.25, 0.3) is 0 Å². The maximum atomic E-state index is 8.72. The first-order valence-electron chi connectivity index (χ1n) is 6.04. The third kappa shape index (κ3) is 10.4. The Labute approximate surface area is 117 Å². The Morgan fingerprint density at radius 3 is 1.10 bits per heavy atom. The summed E-state index contributed by atoms with van der Waals surface area (Å²) in [6.07, 6.45) is -1.83. The molecule has 9 nitrogen and oxygen atoms in total. The van der Waals surface area contributed by atoms with Gasteiger partial charge < -0.3 is 45.6 Å². The van der Waals surface area contributed by atoms with Gasteiger partial charge in [0.2, 0.25) is 0 Å². The normalized spacial score (nSPS) is 14.4. The third-order valence-corrected chi connectivity index (χ3v) is 2.38. The van der Waals surface area contributed by atoms with Gasteiger partial charge in [0.1, 0.15) is 12.2 Å². The van der Waals surface area contributed by atoms with E-state index in [1.807, 2.05) is 0 Å². The fraction of sp³-hybridized carbons (Fsp3) is 1.00. The molecule has 0 heterocycles. The van der Waals surface area contributed by atoms with Crippen molar-refractivity contribution in [3.8, 4) is 0 Å². The van der Waals surface area contributed by atoms with E-state index in [4.69, 9.17) is 45.6 Å². The minimum Gasteiger partial charge on any atom is -0.396 e. The summed E-state index contributed by atoms with van der Waals surface area (Å²) in [4.78, 5) is 0. The molecule has 0 saturated heterocycles. The Balaban J connectivity index is 0. The molecule has 2 atom stereocenters. The van der Waals surface area contributed by atoms with Crippen LogP contribution >= 0.6 is 0 Å². The predicted molar refractivity (Wildman–Crippen MR) is 67.8 cm³/mol. The van der Waals surface area contributed by atoms with Crippen LogP contribution in [0.2, 0.25) is 0 Å². The van der Waals surface area contributed by atoms with E-state index in [9.17, 15) is 0 Å². The summed E-state index contributed by atoms with van der Waals surface area (Å²) in [5, 5.41) is 68.1. The van der Waals surface area contributed by atoms with Crippen molar-refractivity contribution in [3.63, 3.8) is 0 Å². The Hall–Kier alpha value is -0.360. The highest BCUT2D eigenvalue weighted by Crippen LogP contribution is 2.11. The van der Waals surface area contributed by atoms with Crippen LogP contribution in [0.15, 0.2) is 0 Å².